The van der Waals surface area contributed by atoms with Crippen molar-refractivity contribution in [2.75, 3.05) is 7.11 Å². The highest BCUT2D eigenvalue weighted by molar-refractivity contribution is 5.49. The monoisotopic (exact) mass is 187 g/mol. The Balaban J connectivity index is 2.98. The number of aromatic hydroxyl groups is 1. The minimum absolute atomic E-state index is 0.0937. The first-order valence-electron chi connectivity index (χ1n) is 4.00. The van der Waals surface area contributed by atoms with Gasteiger partial charge in [0.25, 0.3) is 0 Å². The molecule has 0 aliphatic heterocycles. The van der Waals surface area contributed by atoms with Gasteiger partial charge in [0.2, 0.25) is 0 Å². The van der Waals surface area contributed by atoms with Crippen LogP contribution in [0.2, 0.25) is 0 Å². The quantitative estimate of drug-likeness (QED) is 0.680. The number of benzene rings is 1. The van der Waals surface area contributed by atoms with Crippen LogP contribution in [0.5, 0.6) is 11.5 Å². The van der Waals surface area contributed by atoms with Crippen LogP contribution >= 0.6 is 0 Å². The normalized spacial score (nSPS) is 8.29. The van der Waals surface area contributed by atoms with E-state index in [0.29, 0.717) is 11.3 Å². The molecule has 0 radical (unpaired) electrons. The second kappa shape index (κ2) is 4.79. The second-order valence-corrected chi connectivity index (χ2v) is 2.52. The zero-order chi connectivity index (χ0) is 10.4. The van der Waals surface area contributed by atoms with E-state index in [-0.39, 0.29) is 12.2 Å². The van der Waals surface area contributed by atoms with Crippen LogP contribution in [0.3, 0.4) is 0 Å². The predicted octanol–water partition coefficient (Wildman–Crippen LogP) is 1.67. The highest BCUT2D eigenvalue weighted by Crippen LogP contribution is 2.21. The van der Waals surface area contributed by atoms with Crippen molar-refractivity contribution in [3.05, 3.63) is 23.8 Å². The third-order valence-corrected chi connectivity index (χ3v) is 1.59. The fourth-order valence-electron chi connectivity index (χ4n) is 0.921. The molecular weight excluding hydrogens is 178 g/mol. The Morgan fingerprint density at radius 3 is 2.93 bits per heavy atom. The second-order valence-electron chi connectivity index (χ2n) is 2.52. The Bertz CT molecular complexity index is 421. The van der Waals surface area contributed by atoms with E-state index < -0.39 is 0 Å². The smallest absolute Gasteiger partial charge is 0.131 e. The summed E-state index contributed by atoms with van der Waals surface area (Å²) >= 11 is 0. The summed E-state index contributed by atoms with van der Waals surface area (Å²) in [7, 11) is 1.54. The highest BCUT2D eigenvalue weighted by Gasteiger charge is 1.99. The van der Waals surface area contributed by atoms with Gasteiger partial charge in [0.05, 0.1) is 25.2 Å². The molecule has 0 heterocycles. The molecule has 0 saturated carbocycles. The number of nitriles is 1. The Kier molecular flexibility index (Phi) is 3.41. The molecule has 0 spiro atoms. The van der Waals surface area contributed by atoms with Gasteiger partial charge in [-0.1, -0.05) is 11.8 Å². The maximum atomic E-state index is 9.39. The molecule has 1 aromatic carbocycles. The summed E-state index contributed by atoms with van der Waals surface area (Å²) in [5.74, 6) is 6.03. The molecule has 0 saturated heterocycles. The number of hydrogen-bond acceptors (Lipinski definition) is 3. The first-order valence-corrected chi connectivity index (χ1v) is 4.00. The third kappa shape index (κ3) is 2.43. The minimum Gasteiger partial charge on any atom is -0.507 e. The van der Waals surface area contributed by atoms with Crippen LogP contribution in [-0.2, 0) is 0 Å². The zero-order valence-corrected chi connectivity index (χ0v) is 7.74. The van der Waals surface area contributed by atoms with Crippen LogP contribution in [0, 0.1) is 23.2 Å². The van der Waals surface area contributed by atoms with E-state index in [0.717, 1.165) is 0 Å². The summed E-state index contributed by atoms with van der Waals surface area (Å²) in [6.07, 6.45) is 0.149. The number of phenols is 1. The van der Waals surface area contributed by atoms with Crippen LogP contribution in [-0.4, -0.2) is 12.2 Å². The van der Waals surface area contributed by atoms with Gasteiger partial charge in [0.15, 0.2) is 0 Å². The average molecular weight is 187 g/mol. The maximum Gasteiger partial charge on any atom is 0.131 e. The van der Waals surface area contributed by atoms with Crippen molar-refractivity contribution in [3.8, 4) is 29.4 Å². The molecule has 3 heteroatoms. The topological polar surface area (TPSA) is 53.2 Å². The Hall–Kier alpha value is -2.13. The summed E-state index contributed by atoms with van der Waals surface area (Å²) in [5.41, 5.74) is 0.472. The number of nitrogens with zero attached hydrogens (tertiary/aromatic N) is 1. The van der Waals surface area contributed by atoms with Crippen LogP contribution in [0.1, 0.15) is 12.0 Å². The molecule has 0 aliphatic carbocycles. The van der Waals surface area contributed by atoms with Gasteiger partial charge < -0.3 is 9.84 Å². The van der Waals surface area contributed by atoms with Gasteiger partial charge >= 0.3 is 0 Å². The summed E-state index contributed by atoms with van der Waals surface area (Å²) in [4.78, 5) is 0. The lowest BCUT2D eigenvalue weighted by Crippen LogP contribution is -1.84. The van der Waals surface area contributed by atoms with E-state index in [1.165, 1.54) is 6.07 Å². The van der Waals surface area contributed by atoms with E-state index in [2.05, 4.69) is 11.8 Å². The molecule has 14 heavy (non-hydrogen) atoms. The van der Waals surface area contributed by atoms with E-state index in [4.69, 9.17) is 10.00 Å². The lowest BCUT2D eigenvalue weighted by molar-refractivity contribution is 0.412. The molecule has 0 fully saturated rings. The zero-order valence-electron chi connectivity index (χ0n) is 7.74. The first-order chi connectivity index (χ1) is 6.77. The maximum absolute atomic E-state index is 9.39. The standard InChI is InChI=1S/C11H9NO2/c1-14-10-5-6-11(13)9(8-10)4-2-3-7-12/h5-6,8,13H,3H2,1H3. The Morgan fingerprint density at radius 1 is 1.50 bits per heavy atom. The van der Waals surface area contributed by atoms with Gasteiger partial charge in [-0.15, -0.1) is 0 Å². The van der Waals surface area contributed by atoms with Crippen molar-refractivity contribution in [2.24, 2.45) is 0 Å². The van der Waals surface area contributed by atoms with Crippen LogP contribution in [0.4, 0.5) is 0 Å². The van der Waals surface area contributed by atoms with Crippen molar-refractivity contribution in [2.45, 2.75) is 6.42 Å². The number of phenolic OH excluding ortho intramolecular Hbond substituents is 1. The van der Waals surface area contributed by atoms with Gasteiger partial charge in [0.1, 0.15) is 11.5 Å². The number of rotatable bonds is 1. The summed E-state index contributed by atoms with van der Waals surface area (Å²) in [5, 5.41) is 17.7. The van der Waals surface area contributed by atoms with Gasteiger partial charge in [-0.2, -0.15) is 5.26 Å². The largest absolute Gasteiger partial charge is 0.507 e. The average Bonchev–Trinajstić information content (AvgIpc) is 2.21. The SMILES string of the molecule is COc1ccc(O)c(C#CCC#N)c1. The molecule has 0 unspecified atom stereocenters. The van der Waals surface area contributed by atoms with E-state index in [1.807, 2.05) is 6.07 Å². The summed E-state index contributed by atoms with van der Waals surface area (Å²) < 4.78 is 4.97. The molecule has 3 nitrogen and oxygen atoms in total. The van der Waals surface area contributed by atoms with Crippen molar-refractivity contribution >= 4 is 0 Å². The van der Waals surface area contributed by atoms with Gasteiger partial charge in [-0.3, -0.25) is 0 Å². The molecule has 0 bridgehead atoms. The molecule has 0 aliphatic rings. The molecule has 1 rings (SSSR count). The molecule has 0 atom stereocenters. The fourth-order valence-corrected chi connectivity index (χ4v) is 0.921. The van der Waals surface area contributed by atoms with Gasteiger partial charge in [-0.05, 0) is 18.2 Å². The number of methoxy groups -OCH3 is 1. The molecule has 70 valence electrons. The first kappa shape index (κ1) is 9.95. The lowest BCUT2D eigenvalue weighted by atomic mass is 10.2. The Labute approximate surface area is 82.6 Å². The lowest BCUT2D eigenvalue weighted by Gasteiger charge is -2.01. The number of hydrogen-bond donors (Lipinski definition) is 1. The van der Waals surface area contributed by atoms with Gasteiger partial charge in [-0.25, -0.2) is 0 Å². The molecule has 1 N–H and O–H groups in total. The molecule has 0 aromatic heterocycles. The van der Waals surface area contributed by atoms with Crippen molar-refractivity contribution in [1.29, 1.82) is 5.26 Å². The van der Waals surface area contributed by atoms with E-state index >= 15 is 0 Å². The van der Waals surface area contributed by atoms with E-state index in [9.17, 15) is 5.11 Å². The number of ether oxygens (including phenoxy) is 1. The van der Waals surface area contributed by atoms with Crippen molar-refractivity contribution < 1.29 is 9.84 Å². The Morgan fingerprint density at radius 2 is 2.29 bits per heavy atom. The molecule has 0 amide bonds. The minimum atomic E-state index is 0.0937. The van der Waals surface area contributed by atoms with Crippen LogP contribution in [0.15, 0.2) is 18.2 Å². The van der Waals surface area contributed by atoms with Crippen molar-refractivity contribution in [3.63, 3.8) is 0 Å². The van der Waals surface area contributed by atoms with E-state index in [1.54, 1.807) is 19.2 Å². The van der Waals surface area contributed by atoms with Crippen LogP contribution < -0.4 is 4.74 Å². The highest BCUT2D eigenvalue weighted by atomic mass is 16.5. The van der Waals surface area contributed by atoms with Gasteiger partial charge in [0, 0.05) is 0 Å². The predicted molar refractivity (Wildman–Crippen MR) is 51.8 cm³/mol. The van der Waals surface area contributed by atoms with Crippen molar-refractivity contribution in [1.82, 2.24) is 0 Å². The third-order valence-electron chi connectivity index (χ3n) is 1.59. The summed E-state index contributed by atoms with van der Waals surface area (Å²) in [6, 6.07) is 6.68. The molecule has 1 aromatic rings. The van der Waals surface area contributed by atoms with Crippen LogP contribution in [0.25, 0.3) is 0 Å². The fraction of sp³-hybridized carbons (Fsp3) is 0.182. The summed E-state index contributed by atoms with van der Waals surface area (Å²) in [6.45, 7) is 0. The molecular formula is C11H9NO2.